The Morgan fingerprint density at radius 1 is 1.09 bits per heavy atom. The molecule has 4 rings (SSSR count). The monoisotopic (exact) mass is 449 g/mol. The molecule has 0 atom stereocenters. The predicted molar refractivity (Wildman–Crippen MR) is 125 cm³/mol. The van der Waals surface area contributed by atoms with Gasteiger partial charge in [-0.1, -0.05) is 12.1 Å². The first-order chi connectivity index (χ1) is 16.1. The van der Waals surface area contributed by atoms with Crippen LogP contribution < -0.4 is 9.47 Å². The maximum atomic E-state index is 13.2. The summed E-state index contributed by atoms with van der Waals surface area (Å²) < 4.78 is 12.2. The summed E-state index contributed by atoms with van der Waals surface area (Å²) in [6.45, 7) is 5.87. The normalized spacial score (nSPS) is 14.3. The summed E-state index contributed by atoms with van der Waals surface area (Å²) in [5.41, 5.74) is 2.71. The van der Waals surface area contributed by atoms with Crippen molar-refractivity contribution in [3.63, 3.8) is 0 Å². The van der Waals surface area contributed by atoms with Crippen LogP contribution in [0, 0.1) is 12.8 Å². The largest absolute Gasteiger partial charge is 0.497 e. The van der Waals surface area contributed by atoms with E-state index in [1.54, 1.807) is 30.1 Å². The number of aromatic nitrogens is 4. The highest BCUT2D eigenvalue weighted by Gasteiger charge is 2.26. The molecule has 3 aromatic rings. The van der Waals surface area contributed by atoms with Crippen molar-refractivity contribution in [3.8, 4) is 17.4 Å². The number of hydrogen-bond donors (Lipinski definition) is 0. The second-order valence-corrected chi connectivity index (χ2v) is 8.34. The molecule has 1 amide bonds. The number of rotatable bonds is 8. The van der Waals surface area contributed by atoms with Gasteiger partial charge in [-0.15, -0.1) is 10.2 Å². The number of ether oxygens (including phenoxy) is 2. The molecule has 3 heterocycles. The van der Waals surface area contributed by atoms with Crippen LogP contribution in [-0.2, 0) is 6.42 Å². The summed E-state index contributed by atoms with van der Waals surface area (Å²) in [5.74, 6) is 2.59. The molecule has 174 valence electrons. The first kappa shape index (κ1) is 22.8. The summed E-state index contributed by atoms with van der Waals surface area (Å²) in [7, 11) is 1.69. The minimum absolute atomic E-state index is 0.0336. The maximum absolute atomic E-state index is 13.2. The number of methoxy groups -OCH3 is 1. The fourth-order valence-electron chi connectivity index (χ4n) is 4.26. The summed E-state index contributed by atoms with van der Waals surface area (Å²) in [5, 5.41) is 12.6. The highest BCUT2D eigenvalue weighted by molar-refractivity contribution is 5.95. The molecule has 0 aliphatic carbocycles. The number of aryl methyl sites for hydroxylation is 1. The zero-order chi connectivity index (χ0) is 23.2. The van der Waals surface area contributed by atoms with Crippen molar-refractivity contribution in [2.75, 3.05) is 26.8 Å². The average molecular weight is 450 g/mol. The molecule has 0 bridgehead atoms. The fourth-order valence-corrected chi connectivity index (χ4v) is 4.26. The van der Waals surface area contributed by atoms with E-state index in [0.717, 1.165) is 50.2 Å². The topological polar surface area (TPSA) is 82.4 Å². The van der Waals surface area contributed by atoms with Gasteiger partial charge in [0, 0.05) is 19.2 Å². The Hall–Kier alpha value is -3.42. The van der Waals surface area contributed by atoms with Crippen LogP contribution >= 0.6 is 0 Å². The van der Waals surface area contributed by atoms with Gasteiger partial charge in [-0.3, -0.25) is 4.79 Å². The van der Waals surface area contributed by atoms with Crippen molar-refractivity contribution in [2.45, 2.75) is 39.5 Å². The van der Waals surface area contributed by atoms with Crippen LogP contribution in [0.3, 0.4) is 0 Å². The molecule has 0 N–H and O–H groups in total. The molecule has 8 nitrogen and oxygen atoms in total. The van der Waals surface area contributed by atoms with E-state index in [4.69, 9.17) is 9.47 Å². The van der Waals surface area contributed by atoms with Gasteiger partial charge in [0.05, 0.1) is 31.2 Å². The standard InChI is InChI=1S/C25H31N5O3/c1-4-33-24-12-11-23(27-28-24)30-18(2)22(17-26-30)25(31)29-15-13-20(14-16-29)6-5-19-7-9-21(32-3)10-8-19/h7-12,17,20H,4-6,13-16H2,1-3H3. The summed E-state index contributed by atoms with van der Waals surface area (Å²) >= 11 is 0. The van der Waals surface area contributed by atoms with Crippen LogP contribution in [0.1, 0.15) is 47.8 Å². The Kier molecular flexibility index (Phi) is 7.22. The highest BCUT2D eigenvalue weighted by Crippen LogP contribution is 2.25. The number of hydrogen-bond acceptors (Lipinski definition) is 6. The lowest BCUT2D eigenvalue weighted by molar-refractivity contribution is 0.0686. The van der Waals surface area contributed by atoms with Gasteiger partial charge in [0.2, 0.25) is 5.88 Å². The maximum Gasteiger partial charge on any atom is 0.257 e. The van der Waals surface area contributed by atoms with E-state index < -0.39 is 0 Å². The third-order valence-corrected chi connectivity index (χ3v) is 6.28. The van der Waals surface area contributed by atoms with Crippen LogP contribution in [0.25, 0.3) is 5.82 Å². The van der Waals surface area contributed by atoms with Crippen molar-refractivity contribution < 1.29 is 14.3 Å². The van der Waals surface area contributed by atoms with Crippen molar-refractivity contribution in [1.82, 2.24) is 24.9 Å². The molecule has 0 unspecified atom stereocenters. The Bertz CT molecular complexity index is 1050. The van der Waals surface area contributed by atoms with Crippen molar-refractivity contribution in [2.24, 2.45) is 5.92 Å². The Labute approximate surface area is 194 Å². The predicted octanol–water partition coefficient (Wildman–Crippen LogP) is 3.86. The van der Waals surface area contributed by atoms with E-state index in [-0.39, 0.29) is 5.91 Å². The molecule has 0 saturated carbocycles. The number of likely N-dealkylation sites (tertiary alicyclic amines) is 1. The molecule has 8 heteroatoms. The second kappa shape index (κ2) is 10.5. The minimum Gasteiger partial charge on any atom is -0.497 e. The lowest BCUT2D eigenvalue weighted by atomic mass is 9.90. The zero-order valence-electron chi connectivity index (χ0n) is 19.5. The fraction of sp³-hybridized carbons (Fsp3) is 0.440. The molecular weight excluding hydrogens is 418 g/mol. The van der Waals surface area contributed by atoms with Gasteiger partial charge >= 0.3 is 0 Å². The van der Waals surface area contributed by atoms with Crippen molar-refractivity contribution in [1.29, 1.82) is 0 Å². The first-order valence-electron chi connectivity index (χ1n) is 11.5. The first-order valence-corrected chi connectivity index (χ1v) is 11.5. The van der Waals surface area contributed by atoms with E-state index in [9.17, 15) is 4.79 Å². The number of amides is 1. The number of benzene rings is 1. The molecule has 2 aromatic heterocycles. The SMILES string of the molecule is CCOc1ccc(-n2ncc(C(=O)N3CCC(CCc4ccc(OC)cc4)CC3)c2C)nn1. The third-order valence-electron chi connectivity index (χ3n) is 6.28. The Balaban J connectivity index is 1.32. The minimum atomic E-state index is 0.0336. The van der Waals surface area contributed by atoms with Crippen LogP contribution in [0.4, 0.5) is 0 Å². The third kappa shape index (κ3) is 5.32. The van der Waals surface area contributed by atoms with Gasteiger partial charge in [0.15, 0.2) is 5.82 Å². The average Bonchev–Trinajstić information content (AvgIpc) is 3.24. The molecule has 1 aliphatic rings. The summed E-state index contributed by atoms with van der Waals surface area (Å²) in [4.78, 5) is 15.1. The van der Waals surface area contributed by atoms with Crippen LogP contribution in [0.15, 0.2) is 42.6 Å². The van der Waals surface area contributed by atoms with E-state index in [0.29, 0.717) is 29.8 Å². The van der Waals surface area contributed by atoms with Crippen molar-refractivity contribution in [3.05, 3.63) is 59.4 Å². The second-order valence-electron chi connectivity index (χ2n) is 8.34. The van der Waals surface area contributed by atoms with Crippen molar-refractivity contribution >= 4 is 5.91 Å². The lowest BCUT2D eigenvalue weighted by Gasteiger charge is -2.32. The van der Waals surface area contributed by atoms with Gasteiger partial charge < -0.3 is 14.4 Å². The van der Waals surface area contributed by atoms with E-state index >= 15 is 0 Å². The van der Waals surface area contributed by atoms with Crippen LogP contribution in [0.5, 0.6) is 11.6 Å². The molecule has 0 radical (unpaired) electrons. The molecule has 1 aromatic carbocycles. The smallest absolute Gasteiger partial charge is 0.257 e. The van der Waals surface area contributed by atoms with Gasteiger partial charge in [-0.25, -0.2) is 4.68 Å². The van der Waals surface area contributed by atoms with Gasteiger partial charge in [-0.2, -0.15) is 5.10 Å². The highest BCUT2D eigenvalue weighted by atomic mass is 16.5. The summed E-state index contributed by atoms with van der Waals surface area (Å²) in [6, 6.07) is 11.8. The molecule has 1 saturated heterocycles. The zero-order valence-corrected chi connectivity index (χ0v) is 19.5. The molecular formula is C25H31N5O3. The van der Waals surface area contributed by atoms with Gasteiger partial charge in [0.1, 0.15) is 5.75 Å². The van der Waals surface area contributed by atoms with E-state index in [2.05, 4.69) is 27.4 Å². The number of carbonyl (C=O) groups is 1. The van der Waals surface area contributed by atoms with E-state index in [1.165, 1.54) is 5.56 Å². The van der Waals surface area contributed by atoms with Gasteiger partial charge in [-0.05, 0) is 69.2 Å². The molecule has 0 spiro atoms. The molecule has 33 heavy (non-hydrogen) atoms. The van der Waals surface area contributed by atoms with Gasteiger partial charge in [0.25, 0.3) is 5.91 Å². The Morgan fingerprint density at radius 2 is 1.85 bits per heavy atom. The van der Waals surface area contributed by atoms with Crippen LogP contribution in [-0.4, -0.2) is 57.6 Å². The molecule has 1 fully saturated rings. The molecule has 1 aliphatic heterocycles. The van der Waals surface area contributed by atoms with E-state index in [1.807, 2.05) is 30.9 Å². The lowest BCUT2D eigenvalue weighted by Crippen LogP contribution is -2.38. The number of piperidine rings is 1. The summed E-state index contributed by atoms with van der Waals surface area (Å²) in [6.07, 6.45) is 5.88. The van der Waals surface area contributed by atoms with Crippen LogP contribution in [0.2, 0.25) is 0 Å². The number of nitrogens with zero attached hydrogens (tertiary/aromatic N) is 5. The quantitative estimate of drug-likeness (QED) is 0.519. The Morgan fingerprint density at radius 3 is 2.48 bits per heavy atom. The number of carbonyl (C=O) groups excluding carboxylic acids is 1.